The third-order valence-electron chi connectivity index (χ3n) is 2.90. The number of anilines is 1. The second kappa shape index (κ2) is 6.36. The zero-order valence-corrected chi connectivity index (χ0v) is 13.7. The summed E-state index contributed by atoms with van der Waals surface area (Å²) in [6.07, 6.45) is 0.812. The molecule has 1 aromatic carbocycles. The van der Waals surface area contributed by atoms with Crippen LogP contribution in [-0.4, -0.2) is 22.6 Å². The van der Waals surface area contributed by atoms with Gasteiger partial charge in [-0.3, -0.25) is 4.72 Å². The van der Waals surface area contributed by atoms with E-state index < -0.39 is 10.0 Å². The third kappa shape index (κ3) is 3.48. The van der Waals surface area contributed by atoms with Gasteiger partial charge in [-0.15, -0.1) is 11.3 Å². The Balaban J connectivity index is 2.32. The van der Waals surface area contributed by atoms with Crippen LogP contribution in [-0.2, 0) is 16.4 Å². The predicted octanol–water partition coefficient (Wildman–Crippen LogP) is 3.13. The number of rotatable bonds is 6. The summed E-state index contributed by atoms with van der Waals surface area (Å²) in [5.41, 5.74) is 0.379. The smallest absolute Gasteiger partial charge is 0.271 e. The number of methoxy groups -OCH3 is 2. The fourth-order valence-electron chi connectivity index (χ4n) is 1.77. The molecule has 1 heterocycles. The van der Waals surface area contributed by atoms with Gasteiger partial charge in [0.2, 0.25) is 0 Å². The van der Waals surface area contributed by atoms with Crippen molar-refractivity contribution in [1.82, 2.24) is 0 Å². The van der Waals surface area contributed by atoms with Crippen LogP contribution >= 0.6 is 11.3 Å². The van der Waals surface area contributed by atoms with Crippen molar-refractivity contribution in [1.29, 1.82) is 0 Å². The monoisotopic (exact) mass is 327 g/mol. The van der Waals surface area contributed by atoms with E-state index in [-0.39, 0.29) is 4.21 Å². The van der Waals surface area contributed by atoms with Crippen molar-refractivity contribution < 1.29 is 17.9 Å². The SMILES string of the molecule is CCc1ccc(S(=O)(=O)Nc2ccc(OC)cc2OC)s1. The lowest BCUT2D eigenvalue weighted by molar-refractivity contribution is 0.395. The first-order valence-corrected chi connectivity index (χ1v) is 8.63. The van der Waals surface area contributed by atoms with Crippen LogP contribution < -0.4 is 14.2 Å². The van der Waals surface area contributed by atoms with Crippen LogP contribution in [0.4, 0.5) is 5.69 Å². The van der Waals surface area contributed by atoms with Gasteiger partial charge in [0.05, 0.1) is 19.9 Å². The summed E-state index contributed by atoms with van der Waals surface area (Å²) in [5, 5.41) is 0. The highest BCUT2D eigenvalue weighted by Gasteiger charge is 2.19. The normalized spacial score (nSPS) is 11.2. The van der Waals surface area contributed by atoms with E-state index in [1.165, 1.54) is 25.6 Å². The number of aryl methyl sites for hydroxylation is 1. The Hall–Kier alpha value is -1.73. The van der Waals surface area contributed by atoms with Crippen molar-refractivity contribution in [2.45, 2.75) is 17.6 Å². The van der Waals surface area contributed by atoms with Gasteiger partial charge >= 0.3 is 0 Å². The number of thiophene rings is 1. The second-order valence-corrected chi connectivity index (χ2v) is 7.32. The molecule has 21 heavy (non-hydrogen) atoms. The Labute approximate surface area is 128 Å². The summed E-state index contributed by atoms with van der Waals surface area (Å²) in [6, 6.07) is 8.35. The molecule has 2 rings (SSSR count). The predicted molar refractivity (Wildman–Crippen MR) is 84.1 cm³/mol. The zero-order valence-electron chi connectivity index (χ0n) is 12.0. The van der Waals surface area contributed by atoms with E-state index in [1.807, 2.05) is 13.0 Å². The second-order valence-electron chi connectivity index (χ2n) is 4.25. The molecule has 0 saturated carbocycles. The fourth-order valence-corrected chi connectivity index (χ4v) is 4.14. The molecular weight excluding hydrogens is 310 g/mol. The summed E-state index contributed by atoms with van der Waals surface area (Å²) in [5.74, 6) is 1.00. The van der Waals surface area contributed by atoms with Crippen LogP contribution in [0.5, 0.6) is 11.5 Å². The molecule has 0 aliphatic carbocycles. The molecule has 114 valence electrons. The first-order valence-electron chi connectivity index (χ1n) is 6.33. The Morgan fingerprint density at radius 3 is 2.48 bits per heavy atom. The number of nitrogens with one attached hydrogen (secondary N) is 1. The van der Waals surface area contributed by atoms with Crippen molar-refractivity contribution in [3.8, 4) is 11.5 Å². The van der Waals surface area contributed by atoms with E-state index in [1.54, 1.807) is 24.3 Å². The van der Waals surface area contributed by atoms with E-state index >= 15 is 0 Å². The van der Waals surface area contributed by atoms with E-state index in [2.05, 4.69) is 4.72 Å². The van der Waals surface area contributed by atoms with Gasteiger partial charge in [0.1, 0.15) is 15.7 Å². The van der Waals surface area contributed by atoms with Crippen LogP contribution in [0, 0.1) is 0 Å². The van der Waals surface area contributed by atoms with Gasteiger partial charge in [-0.25, -0.2) is 8.42 Å². The number of sulfonamides is 1. The molecule has 0 radical (unpaired) electrons. The minimum Gasteiger partial charge on any atom is -0.497 e. The minimum atomic E-state index is -3.61. The van der Waals surface area contributed by atoms with Gasteiger partial charge < -0.3 is 9.47 Å². The number of hydrogen-bond acceptors (Lipinski definition) is 5. The van der Waals surface area contributed by atoms with Crippen molar-refractivity contribution >= 4 is 27.0 Å². The molecule has 5 nitrogen and oxygen atoms in total. The molecule has 0 spiro atoms. The quantitative estimate of drug-likeness (QED) is 0.885. The lowest BCUT2D eigenvalue weighted by Gasteiger charge is -2.12. The van der Waals surface area contributed by atoms with Gasteiger partial charge in [0, 0.05) is 10.9 Å². The summed E-state index contributed by atoms with van der Waals surface area (Å²) >= 11 is 1.26. The number of benzene rings is 1. The molecule has 0 amide bonds. The highest BCUT2D eigenvalue weighted by Crippen LogP contribution is 2.32. The van der Waals surface area contributed by atoms with E-state index in [4.69, 9.17) is 9.47 Å². The van der Waals surface area contributed by atoms with Gasteiger partial charge in [-0.2, -0.15) is 0 Å². The molecule has 0 aliphatic rings. The van der Waals surface area contributed by atoms with Crippen LogP contribution in [0.15, 0.2) is 34.5 Å². The van der Waals surface area contributed by atoms with Gasteiger partial charge in [-0.05, 0) is 30.7 Å². The average Bonchev–Trinajstić information content (AvgIpc) is 2.97. The van der Waals surface area contributed by atoms with Crippen molar-refractivity contribution in [2.24, 2.45) is 0 Å². The van der Waals surface area contributed by atoms with Crippen LogP contribution in [0.25, 0.3) is 0 Å². The average molecular weight is 327 g/mol. The van der Waals surface area contributed by atoms with Gasteiger partial charge in [0.25, 0.3) is 10.0 Å². The van der Waals surface area contributed by atoms with Gasteiger partial charge in [-0.1, -0.05) is 6.92 Å². The molecule has 0 aliphatic heterocycles. The summed E-state index contributed by atoms with van der Waals surface area (Å²) in [4.78, 5) is 1.03. The maximum atomic E-state index is 12.4. The van der Waals surface area contributed by atoms with Crippen molar-refractivity contribution in [3.05, 3.63) is 35.2 Å². The Kier molecular flexibility index (Phi) is 4.74. The third-order valence-corrected chi connectivity index (χ3v) is 5.99. The van der Waals surface area contributed by atoms with Crippen molar-refractivity contribution in [2.75, 3.05) is 18.9 Å². The summed E-state index contributed by atoms with van der Waals surface area (Å²) in [6.45, 7) is 1.99. The Morgan fingerprint density at radius 1 is 1.14 bits per heavy atom. The minimum absolute atomic E-state index is 0.289. The zero-order chi connectivity index (χ0) is 15.5. The number of ether oxygens (including phenoxy) is 2. The van der Waals surface area contributed by atoms with Gasteiger partial charge in [0.15, 0.2) is 0 Å². The fraction of sp³-hybridized carbons (Fsp3) is 0.286. The van der Waals surface area contributed by atoms with Crippen molar-refractivity contribution in [3.63, 3.8) is 0 Å². The Bertz CT molecular complexity index is 722. The molecule has 0 bridgehead atoms. The highest BCUT2D eigenvalue weighted by molar-refractivity contribution is 7.94. The standard InChI is InChI=1S/C14H17NO4S2/c1-4-11-6-8-14(20-11)21(16,17)15-12-7-5-10(18-2)9-13(12)19-3/h5-9,15H,4H2,1-3H3. The molecule has 0 unspecified atom stereocenters. The lowest BCUT2D eigenvalue weighted by atomic mass is 10.3. The summed E-state index contributed by atoms with van der Waals surface area (Å²) < 4.78 is 37.8. The molecular formula is C14H17NO4S2. The molecule has 0 fully saturated rings. The Morgan fingerprint density at radius 2 is 1.90 bits per heavy atom. The highest BCUT2D eigenvalue weighted by atomic mass is 32.2. The lowest BCUT2D eigenvalue weighted by Crippen LogP contribution is -2.12. The molecule has 0 atom stereocenters. The van der Waals surface area contributed by atoms with E-state index in [0.717, 1.165) is 11.3 Å². The maximum Gasteiger partial charge on any atom is 0.271 e. The van der Waals surface area contributed by atoms with E-state index in [0.29, 0.717) is 17.2 Å². The number of hydrogen-bond donors (Lipinski definition) is 1. The van der Waals surface area contributed by atoms with Crippen LogP contribution in [0.2, 0.25) is 0 Å². The molecule has 0 saturated heterocycles. The molecule has 2 aromatic rings. The largest absolute Gasteiger partial charge is 0.497 e. The first-order chi connectivity index (χ1) is 10.00. The topological polar surface area (TPSA) is 64.6 Å². The van der Waals surface area contributed by atoms with Crippen LogP contribution in [0.1, 0.15) is 11.8 Å². The molecule has 7 heteroatoms. The first kappa shape index (κ1) is 15.7. The molecule has 1 aromatic heterocycles. The maximum absolute atomic E-state index is 12.4. The molecule has 1 N–H and O–H groups in total. The van der Waals surface area contributed by atoms with E-state index in [9.17, 15) is 8.42 Å². The van der Waals surface area contributed by atoms with Crippen LogP contribution in [0.3, 0.4) is 0 Å². The summed E-state index contributed by atoms with van der Waals surface area (Å²) in [7, 11) is -0.590.